The van der Waals surface area contributed by atoms with Crippen LogP contribution in [0.5, 0.6) is 0 Å². The molecule has 1 aliphatic carbocycles. The van der Waals surface area contributed by atoms with E-state index in [1.54, 1.807) is 0 Å². The average Bonchev–Trinajstić information content (AvgIpc) is 2.38. The summed E-state index contributed by atoms with van der Waals surface area (Å²) in [5, 5.41) is 0. The van der Waals surface area contributed by atoms with Crippen LogP contribution in [0, 0.1) is 18.8 Å². The molecule has 94 valence electrons. The maximum atomic E-state index is 6.36. The molecule has 2 N–H and O–H groups in total. The van der Waals surface area contributed by atoms with Crippen molar-refractivity contribution < 1.29 is 0 Å². The minimum Gasteiger partial charge on any atom is -0.322 e. The second kappa shape index (κ2) is 5.63. The van der Waals surface area contributed by atoms with Crippen molar-refractivity contribution in [3.8, 4) is 0 Å². The molecule has 1 aliphatic rings. The predicted octanol–water partition coefficient (Wildman–Crippen LogP) is 3.61. The van der Waals surface area contributed by atoms with E-state index in [0.29, 0.717) is 5.92 Å². The Hall–Kier alpha value is -0.890. The summed E-state index contributed by atoms with van der Waals surface area (Å²) in [5.74, 6) is 1.57. The van der Waals surface area contributed by atoms with Gasteiger partial charge in [-0.25, -0.2) is 0 Å². The molecule has 0 aromatic carbocycles. The zero-order valence-electron chi connectivity index (χ0n) is 11.0. The zero-order chi connectivity index (χ0) is 12.3. The first kappa shape index (κ1) is 12.6. The monoisotopic (exact) mass is 232 g/mol. The molecule has 1 aromatic rings. The maximum absolute atomic E-state index is 6.36. The third-order valence-electron chi connectivity index (χ3n) is 4.23. The molecule has 1 saturated carbocycles. The molecular formula is C15H24N2. The molecule has 0 saturated heterocycles. The van der Waals surface area contributed by atoms with E-state index < -0.39 is 0 Å². The Balaban J connectivity index is 1.99. The molecule has 1 aromatic heterocycles. The number of nitrogens with two attached hydrogens (primary N) is 1. The molecule has 1 fully saturated rings. The van der Waals surface area contributed by atoms with Crippen molar-refractivity contribution in [1.82, 2.24) is 4.98 Å². The topological polar surface area (TPSA) is 38.9 Å². The van der Waals surface area contributed by atoms with Gasteiger partial charge in [0.05, 0.1) is 5.69 Å². The van der Waals surface area contributed by atoms with E-state index in [1.807, 2.05) is 13.0 Å². The lowest BCUT2D eigenvalue weighted by atomic mass is 9.77. The van der Waals surface area contributed by atoms with E-state index >= 15 is 0 Å². The highest BCUT2D eigenvalue weighted by molar-refractivity contribution is 5.14. The largest absolute Gasteiger partial charge is 0.322 e. The molecule has 0 aliphatic heterocycles. The SMILES string of the molecule is CCC1CCC(C(N)c2cccc(C)n2)CC1. The van der Waals surface area contributed by atoms with Gasteiger partial charge in [0.1, 0.15) is 0 Å². The van der Waals surface area contributed by atoms with E-state index in [4.69, 9.17) is 5.73 Å². The molecule has 2 heteroatoms. The standard InChI is InChI=1S/C15H24N2/c1-3-12-7-9-13(10-8-12)15(16)14-6-4-5-11(2)17-14/h4-6,12-13,15H,3,7-10,16H2,1-2H3. The van der Waals surface area contributed by atoms with Gasteiger partial charge in [-0.15, -0.1) is 0 Å². The first-order valence-corrected chi connectivity index (χ1v) is 6.89. The second-order valence-electron chi connectivity index (χ2n) is 5.42. The number of aryl methyl sites for hydroxylation is 1. The Bertz CT molecular complexity index is 354. The molecule has 1 atom stereocenters. The quantitative estimate of drug-likeness (QED) is 0.864. The van der Waals surface area contributed by atoms with E-state index in [9.17, 15) is 0 Å². The van der Waals surface area contributed by atoms with Gasteiger partial charge in [0, 0.05) is 11.7 Å². The predicted molar refractivity (Wildman–Crippen MR) is 71.6 cm³/mol. The van der Waals surface area contributed by atoms with Gasteiger partial charge in [0.15, 0.2) is 0 Å². The van der Waals surface area contributed by atoms with Crippen molar-refractivity contribution in [2.24, 2.45) is 17.6 Å². The Labute approximate surface area is 105 Å². The van der Waals surface area contributed by atoms with Crippen LogP contribution in [-0.4, -0.2) is 4.98 Å². The van der Waals surface area contributed by atoms with E-state index in [-0.39, 0.29) is 6.04 Å². The summed E-state index contributed by atoms with van der Waals surface area (Å²) in [4.78, 5) is 4.56. The molecule has 0 spiro atoms. The Morgan fingerprint density at radius 2 is 2.00 bits per heavy atom. The van der Waals surface area contributed by atoms with Crippen molar-refractivity contribution in [2.45, 2.75) is 52.0 Å². The summed E-state index contributed by atoms with van der Waals surface area (Å²) in [6.45, 7) is 4.33. The van der Waals surface area contributed by atoms with E-state index in [1.165, 1.54) is 32.1 Å². The van der Waals surface area contributed by atoms with E-state index in [0.717, 1.165) is 17.3 Å². The molecular weight excluding hydrogens is 208 g/mol. The van der Waals surface area contributed by atoms with Crippen molar-refractivity contribution in [3.63, 3.8) is 0 Å². The third kappa shape index (κ3) is 3.06. The second-order valence-corrected chi connectivity index (χ2v) is 5.42. The molecule has 2 nitrogen and oxygen atoms in total. The van der Waals surface area contributed by atoms with Crippen molar-refractivity contribution in [1.29, 1.82) is 0 Å². The number of hydrogen-bond acceptors (Lipinski definition) is 2. The molecule has 0 bridgehead atoms. The maximum Gasteiger partial charge on any atom is 0.0577 e. The van der Waals surface area contributed by atoms with Gasteiger partial charge in [-0.2, -0.15) is 0 Å². The minimum absolute atomic E-state index is 0.132. The third-order valence-corrected chi connectivity index (χ3v) is 4.23. The van der Waals surface area contributed by atoms with Crippen molar-refractivity contribution in [3.05, 3.63) is 29.6 Å². The smallest absolute Gasteiger partial charge is 0.0577 e. The molecule has 17 heavy (non-hydrogen) atoms. The highest BCUT2D eigenvalue weighted by Gasteiger charge is 2.26. The fraction of sp³-hybridized carbons (Fsp3) is 0.667. The van der Waals surface area contributed by atoms with Crippen molar-refractivity contribution >= 4 is 0 Å². The van der Waals surface area contributed by atoms with Crippen LogP contribution in [0.3, 0.4) is 0 Å². The lowest BCUT2D eigenvalue weighted by Gasteiger charge is -2.31. The Morgan fingerprint density at radius 3 is 2.59 bits per heavy atom. The number of rotatable bonds is 3. The van der Waals surface area contributed by atoms with Crippen LogP contribution < -0.4 is 5.73 Å². The van der Waals surface area contributed by atoms with Gasteiger partial charge >= 0.3 is 0 Å². The molecule has 0 amide bonds. The van der Waals surface area contributed by atoms with Crippen LogP contribution >= 0.6 is 0 Å². The Morgan fingerprint density at radius 1 is 1.29 bits per heavy atom. The highest BCUT2D eigenvalue weighted by atomic mass is 14.8. The average molecular weight is 232 g/mol. The van der Waals surface area contributed by atoms with Gasteiger partial charge in [-0.05, 0) is 43.7 Å². The molecule has 2 rings (SSSR count). The molecule has 1 unspecified atom stereocenters. The normalized spacial score (nSPS) is 26.8. The summed E-state index contributed by atoms with van der Waals surface area (Å²) >= 11 is 0. The summed E-state index contributed by atoms with van der Waals surface area (Å²) in [5.41, 5.74) is 8.51. The van der Waals surface area contributed by atoms with Crippen LogP contribution in [0.4, 0.5) is 0 Å². The summed E-state index contributed by atoms with van der Waals surface area (Å²) in [6.07, 6.45) is 6.57. The number of pyridine rings is 1. The number of nitrogens with zero attached hydrogens (tertiary/aromatic N) is 1. The van der Waals surface area contributed by atoms with Crippen LogP contribution in [0.1, 0.15) is 56.5 Å². The van der Waals surface area contributed by atoms with Crippen molar-refractivity contribution in [2.75, 3.05) is 0 Å². The molecule has 0 radical (unpaired) electrons. The van der Waals surface area contributed by atoms with E-state index in [2.05, 4.69) is 24.0 Å². The van der Waals surface area contributed by atoms with Crippen LogP contribution in [0.25, 0.3) is 0 Å². The van der Waals surface area contributed by atoms with Crippen LogP contribution in [0.15, 0.2) is 18.2 Å². The first-order chi connectivity index (χ1) is 8.20. The minimum atomic E-state index is 0.132. The van der Waals surface area contributed by atoms with Crippen LogP contribution in [0.2, 0.25) is 0 Å². The highest BCUT2D eigenvalue weighted by Crippen LogP contribution is 2.36. The summed E-state index contributed by atoms with van der Waals surface area (Å²) in [7, 11) is 0. The van der Waals surface area contributed by atoms with Gasteiger partial charge in [0.25, 0.3) is 0 Å². The fourth-order valence-electron chi connectivity index (χ4n) is 2.95. The Kier molecular flexibility index (Phi) is 4.16. The summed E-state index contributed by atoms with van der Waals surface area (Å²) in [6, 6.07) is 6.30. The van der Waals surface area contributed by atoms with Crippen LogP contribution in [-0.2, 0) is 0 Å². The van der Waals surface area contributed by atoms with Gasteiger partial charge in [0.2, 0.25) is 0 Å². The number of aromatic nitrogens is 1. The first-order valence-electron chi connectivity index (χ1n) is 6.89. The number of hydrogen-bond donors (Lipinski definition) is 1. The van der Waals surface area contributed by atoms with Gasteiger partial charge in [-0.3, -0.25) is 4.98 Å². The van der Waals surface area contributed by atoms with Gasteiger partial charge in [-0.1, -0.05) is 32.3 Å². The summed E-state index contributed by atoms with van der Waals surface area (Å²) < 4.78 is 0. The van der Waals surface area contributed by atoms with Gasteiger partial charge < -0.3 is 5.73 Å². The molecule has 1 heterocycles. The lowest BCUT2D eigenvalue weighted by Crippen LogP contribution is -2.26. The zero-order valence-corrected chi connectivity index (χ0v) is 11.0. The fourth-order valence-corrected chi connectivity index (χ4v) is 2.95. The lowest BCUT2D eigenvalue weighted by molar-refractivity contribution is 0.238.